The highest BCUT2D eigenvalue weighted by atomic mass is 16.6. The molecule has 8 nitrogen and oxygen atoms in total. The highest BCUT2D eigenvalue weighted by Crippen LogP contribution is 2.52. The van der Waals surface area contributed by atoms with Gasteiger partial charge in [-0.05, 0) is 30.4 Å². The minimum atomic E-state index is -0.594. The zero-order valence-electron chi connectivity index (χ0n) is 14.1. The zero-order chi connectivity index (χ0) is 19.1. The van der Waals surface area contributed by atoms with Crippen LogP contribution in [0.1, 0.15) is 12.0 Å². The smallest absolute Gasteiger partial charge is 0.311 e. The molecule has 2 bridgehead atoms. The molecule has 1 saturated carbocycles. The van der Waals surface area contributed by atoms with E-state index in [-0.39, 0.29) is 53.5 Å². The molecule has 0 radical (unpaired) electrons. The lowest BCUT2D eigenvalue weighted by molar-refractivity contribution is -0.385. The fourth-order valence-corrected chi connectivity index (χ4v) is 4.12. The van der Waals surface area contributed by atoms with Gasteiger partial charge in [0.25, 0.3) is 11.8 Å². The number of allylic oxidation sites excluding steroid dienone is 2. The Bertz CT molecular complexity index is 915. The number of hydrogen-bond acceptors (Lipinski definition) is 6. The molecular formula is C19H15N3O5. The van der Waals surface area contributed by atoms with Crippen molar-refractivity contribution in [2.75, 3.05) is 6.61 Å². The van der Waals surface area contributed by atoms with Crippen molar-refractivity contribution in [3.63, 3.8) is 0 Å². The summed E-state index contributed by atoms with van der Waals surface area (Å²) in [6.07, 6.45) is 11.2. The predicted octanol–water partition coefficient (Wildman–Crippen LogP) is 1.75. The van der Waals surface area contributed by atoms with Crippen LogP contribution in [0.15, 0.2) is 35.5 Å². The fraction of sp³-hybridized carbons (Fsp3) is 0.316. The van der Waals surface area contributed by atoms with E-state index in [1.807, 2.05) is 12.2 Å². The second kappa shape index (κ2) is 6.36. The van der Waals surface area contributed by atoms with Gasteiger partial charge in [0.15, 0.2) is 5.75 Å². The van der Waals surface area contributed by atoms with Crippen molar-refractivity contribution in [2.45, 2.75) is 6.42 Å². The van der Waals surface area contributed by atoms with Gasteiger partial charge in [0.1, 0.15) is 6.61 Å². The number of nitro benzene ring substituents is 1. The molecule has 4 atom stereocenters. The molecular weight excluding hydrogens is 350 g/mol. The van der Waals surface area contributed by atoms with E-state index < -0.39 is 4.92 Å². The average molecular weight is 365 g/mol. The summed E-state index contributed by atoms with van der Waals surface area (Å²) in [5, 5.41) is 16.1. The molecule has 2 aliphatic carbocycles. The van der Waals surface area contributed by atoms with Crippen LogP contribution < -0.4 is 4.74 Å². The summed E-state index contributed by atoms with van der Waals surface area (Å²) in [5.74, 6) is 1.21. The molecule has 1 heterocycles. The first-order chi connectivity index (χ1) is 13.0. The summed E-state index contributed by atoms with van der Waals surface area (Å²) in [4.78, 5) is 35.8. The first-order valence-electron chi connectivity index (χ1n) is 8.46. The molecule has 27 heavy (non-hydrogen) atoms. The summed E-state index contributed by atoms with van der Waals surface area (Å²) in [6, 6.07) is 4.20. The van der Waals surface area contributed by atoms with Crippen LogP contribution in [0.25, 0.3) is 0 Å². The van der Waals surface area contributed by atoms with Crippen molar-refractivity contribution in [1.29, 1.82) is 0 Å². The molecule has 8 heteroatoms. The van der Waals surface area contributed by atoms with Gasteiger partial charge in [-0.1, -0.05) is 18.1 Å². The Balaban J connectivity index is 1.56. The number of terminal acetylenes is 1. The lowest BCUT2D eigenvalue weighted by Gasteiger charge is -2.13. The minimum Gasteiger partial charge on any atom is -0.474 e. The Labute approximate surface area is 154 Å². The third kappa shape index (κ3) is 2.68. The highest BCUT2D eigenvalue weighted by molar-refractivity contribution is 6.06. The van der Waals surface area contributed by atoms with E-state index in [1.165, 1.54) is 18.3 Å². The lowest BCUT2D eigenvalue weighted by Crippen LogP contribution is -2.28. The van der Waals surface area contributed by atoms with Gasteiger partial charge < -0.3 is 4.74 Å². The summed E-state index contributed by atoms with van der Waals surface area (Å²) < 4.78 is 5.15. The second-order valence-electron chi connectivity index (χ2n) is 6.71. The molecule has 136 valence electrons. The maximum Gasteiger partial charge on any atom is 0.311 e. The Morgan fingerprint density at radius 2 is 1.96 bits per heavy atom. The number of nitrogens with zero attached hydrogens (tertiary/aromatic N) is 3. The fourth-order valence-electron chi connectivity index (χ4n) is 4.12. The molecule has 3 aliphatic rings. The molecule has 1 saturated heterocycles. The van der Waals surface area contributed by atoms with Crippen LogP contribution >= 0.6 is 0 Å². The molecule has 2 fully saturated rings. The lowest BCUT2D eigenvalue weighted by atomic mass is 9.85. The monoisotopic (exact) mass is 365 g/mol. The van der Waals surface area contributed by atoms with E-state index in [0.29, 0.717) is 5.56 Å². The average Bonchev–Trinajstić information content (AvgIpc) is 3.33. The second-order valence-corrected chi connectivity index (χ2v) is 6.71. The van der Waals surface area contributed by atoms with Crippen LogP contribution in [-0.2, 0) is 9.59 Å². The summed E-state index contributed by atoms with van der Waals surface area (Å²) >= 11 is 0. The Kier molecular flexibility index (Phi) is 4.00. The topological polar surface area (TPSA) is 102 Å². The standard InChI is InChI=1S/C19H15N3O5/c1-2-7-27-15-6-3-11(8-14(15)22(25)26)10-20-21-18(23)16-12-4-5-13(9-12)17(16)19(21)24/h1,3-6,8,10,12-13,16-17H,7,9H2. The number of carbonyl (C=O) groups excluding carboxylic acids is 2. The summed E-state index contributed by atoms with van der Waals surface area (Å²) in [7, 11) is 0. The number of ether oxygens (including phenoxy) is 1. The normalized spacial score (nSPS) is 28.0. The number of carbonyl (C=O) groups is 2. The maximum absolute atomic E-state index is 12.6. The SMILES string of the molecule is C#CCOc1ccc(C=NN2C(=O)C3C4C=CC(C4)C3C2=O)cc1[N+](=O)[O-]. The predicted molar refractivity (Wildman–Crippen MR) is 94.6 cm³/mol. The molecule has 1 aliphatic heterocycles. The Morgan fingerprint density at radius 1 is 1.30 bits per heavy atom. The Morgan fingerprint density at radius 3 is 2.56 bits per heavy atom. The molecule has 0 N–H and O–H groups in total. The highest BCUT2D eigenvalue weighted by Gasteiger charge is 2.59. The van der Waals surface area contributed by atoms with Crippen LogP contribution in [0.5, 0.6) is 5.75 Å². The third-order valence-corrected chi connectivity index (χ3v) is 5.26. The van der Waals surface area contributed by atoms with E-state index in [9.17, 15) is 19.7 Å². The van der Waals surface area contributed by atoms with Crippen LogP contribution in [0.3, 0.4) is 0 Å². The van der Waals surface area contributed by atoms with E-state index in [1.54, 1.807) is 6.07 Å². The van der Waals surface area contributed by atoms with Gasteiger partial charge in [-0.15, -0.1) is 6.42 Å². The van der Waals surface area contributed by atoms with Crippen LogP contribution in [0, 0.1) is 46.1 Å². The van der Waals surface area contributed by atoms with Gasteiger partial charge in [0, 0.05) is 11.6 Å². The van der Waals surface area contributed by atoms with Gasteiger partial charge in [0.2, 0.25) is 0 Å². The Hall–Kier alpha value is -3.47. The number of benzene rings is 1. The van der Waals surface area contributed by atoms with E-state index in [4.69, 9.17) is 11.2 Å². The van der Waals surface area contributed by atoms with Crippen molar-refractivity contribution in [2.24, 2.45) is 28.8 Å². The summed E-state index contributed by atoms with van der Waals surface area (Å²) in [6.45, 7) is -0.0931. The number of hydrazone groups is 1. The molecule has 0 spiro atoms. The number of fused-ring (bicyclic) bond motifs is 5. The van der Waals surface area contributed by atoms with Gasteiger partial charge in [-0.3, -0.25) is 19.7 Å². The van der Waals surface area contributed by atoms with Crippen molar-refractivity contribution < 1.29 is 19.2 Å². The van der Waals surface area contributed by atoms with E-state index in [2.05, 4.69) is 11.0 Å². The first kappa shape index (κ1) is 17.0. The number of nitro groups is 1. The van der Waals surface area contributed by atoms with Gasteiger partial charge in [-0.25, -0.2) is 0 Å². The number of imide groups is 1. The molecule has 2 amide bonds. The zero-order valence-corrected chi connectivity index (χ0v) is 14.1. The van der Waals surface area contributed by atoms with Crippen LogP contribution in [0.4, 0.5) is 5.69 Å². The molecule has 0 aromatic heterocycles. The van der Waals surface area contributed by atoms with Crippen molar-refractivity contribution >= 4 is 23.7 Å². The quantitative estimate of drug-likeness (QED) is 0.198. The van der Waals surface area contributed by atoms with Crippen molar-refractivity contribution in [3.05, 3.63) is 46.0 Å². The molecule has 4 rings (SSSR count). The van der Waals surface area contributed by atoms with Gasteiger partial charge in [0.05, 0.1) is 23.0 Å². The van der Waals surface area contributed by atoms with Crippen LogP contribution in [0.2, 0.25) is 0 Å². The van der Waals surface area contributed by atoms with E-state index in [0.717, 1.165) is 11.4 Å². The first-order valence-corrected chi connectivity index (χ1v) is 8.46. The third-order valence-electron chi connectivity index (χ3n) is 5.26. The van der Waals surface area contributed by atoms with Gasteiger partial charge >= 0.3 is 5.69 Å². The maximum atomic E-state index is 12.6. The molecule has 1 aromatic carbocycles. The molecule has 1 aromatic rings. The number of hydrogen-bond donors (Lipinski definition) is 0. The molecule has 4 unspecified atom stereocenters. The number of amides is 2. The van der Waals surface area contributed by atoms with Crippen molar-refractivity contribution in [3.8, 4) is 18.1 Å². The number of rotatable bonds is 5. The largest absolute Gasteiger partial charge is 0.474 e. The van der Waals surface area contributed by atoms with Gasteiger partial charge in [-0.2, -0.15) is 10.1 Å². The summed E-state index contributed by atoms with van der Waals surface area (Å²) in [5.41, 5.74) is 0.0981. The van der Waals surface area contributed by atoms with E-state index >= 15 is 0 Å². The minimum absolute atomic E-state index is 0.0422. The van der Waals surface area contributed by atoms with Crippen molar-refractivity contribution in [1.82, 2.24) is 5.01 Å². The van der Waals surface area contributed by atoms with Crippen LogP contribution in [-0.4, -0.2) is 34.6 Å².